The molecular weight excluding hydrogens is 162 g/mol. The molecule has 2 N–H and O–H groups in total. The highest BCUT2D eigenvalue weighted by molar-refractivity contribution is 5.61. The first-order valence-electron chi connectivity index (χ1n) is 4.74. The van der Waals surface area contributed by atoms with Crippen molar-refractivity contribution in [3.05, 3.63) is 23.3 Å². The lowest BCUT2D eigenvalue weighted by Crippen LogP contribution is -1.99. The molecule has 0 saturated carbocycles. The quantitative estimate of drug-likeness (QED) is 0.668. The van der Waals surface area contributed by atoms with Gasteiger partial charge in [0.05, 0.1) is 6.61 Å². The first-order chi connectivity index (χ1) is 6.20. The van der Waals surface area contributed by atoms with Gasteiger partial charge in [0.2, 0.25) is 0 Å². The Morgan fingerprint density at radius 3 is 2.85 bits per heavy atom. The highest BCUT2D eigenvalue weighted by Gasteiger charge is 2.17. The van der Waals surface area contributed by atoms with Crippen molar-refractivity contribution in [2.45, 2.75) is 26.2 Å². The van der Waals surface area contributed by atoms with Crippen LogP contribution < -0.4 is 10.5 Å². The van der Waals surface area contributed by atoms with Crippen molar-refractivity contribution in [1.29, 1.82) is 0 Å². The number of nitrogens with two attached hydrogens (primary N) is 1. The summed E-state index contributed by atoms with van der Waals surface area (Å²) in [6.07, 6.45) is 0.960. The first kappa shape index (κ1) is 8.42. The summed E-state index contributed by atoms with van der Waals surface area (Å²) >= 11 is 0. The molecule has 1 aliphatic rings. The van der Waals surface area contributed by atoms with Crippen LogP contribution in [-0.2, 0) is 6.42 Å². The van der Waals surface area contributed by atoms with Crippen LogP contribution in [0.3, 0.4) is 0 Å². The van der Waals surface area contributed by atoms with Crippen LogP contribution in [-0.4, -0.2) is 6.61 Å². The van der Waals surface area contributed by atoms with Crippen molar-refractivity contribution >= 4 is 5.69 Å². The van der Waals surface area contributed by atoms with E-state index in [9.17, 15) is 0 Å². The molecule has 1 aliphatic heterocycles. The summed E-state index contributed by atoms with van der Waals surface area (Å²) in [6, 6.07) is 4.11. The molecule has 0 unspecified atom stereocenters. The Morgan fingerprint density at radius 1 is 1.38 bits per heavy atom. The van der Waals surface area contributed by atoms with Crippen LogP contribution in [0.1, 0.15) is 30.9 Å². The summed E-state index contributed by atoms with van der Waals surface area (Å²) in [6.45, 7) is 5.10. The highest BCUT2D eigenvalue weighted by atomic mass is 16.5. The maximum absolute atomic E-state index is 6.06. The van der Waals surface area contributed by atoms with Gasteiger partial charge in [-0.05, 0) is 17.5 Å². The van der Waals surface area contributed by atoms with Crippen molar-refractivity contribution in [2.24, 2.45) is 0 Å². The molecule has 0 fully saturated rings. The van der Waals surface area contributed by atoms with Crippen LogP contribution in [0.2, 0.25) is 0 Å². The number of hydrogen-bond donors (Lipinski definition) is 1. The standard InChI is InChI=1S/C11H15NO/c1-7(2)8-3-4-10-9(11(8)12)5-6-13-10/h3-4,7H,5-6,12H2,1-2H3. The maximum atomic E-state index is 6.06. The van der Waals surface area contributed by atoms with Crippen LogP contribution in [0.5, 0.6) is 5.75 Å². The lowest BCUT2D eigenvalue weighted by molar-refractivity contribution is 0.357. The van der Waals surface area contributed by atoms with Gasteiger partial charge in [-0.25, -0.2) is 0 Å². The first-order valence-corrected chi connectivity index (χ1v) is 4.74. The zero-order valence-electron chi connectivity index (χ0n) is 8.13. The van der Waals surface area contributed by atoms with Crippen LogP contribution in [0.15, 0.2) is 12.1 Å². The Balaban J connectivity index is 2.52. The third kappa shape index (κ3) is 1.26. The van der Waals surface area contributed by atoms with E-state index < -0.39 is 0 Å². The fraction of sp³-hybridized carbons (Fsp3) is 0.455. The normalized spacial score (nSPS) is 14.4. The van der Waals surface area contributed by atoms with E-state index in [0.717, 1.165) is 24.5 Å². The van der Waals surface area contributed by atoms with E-state index >= 15 is 0 Å². The molecule has 0 bridgehead atoms. The summed E-state index contributed by atoms with van der Waals surface area (Å²) in [5.41, 5.74) is 9.43. The van der Waals surface area contributed by atoms with Gasteiger partial charge in [-0.1, -0.05) is 19.9 Å². The second-order valence-corrected chi connectivity index (χ2v) is 3.80. The molecule has 0 aliphatic carbocycles. The topological polar surface area (TPSA) is 35.2 Å². The van der Waals surface area contributed by atoms with Gasteiger partial charge in [0.25, 0.3) is 0 Å². The van der Waals surface area contributed by atoms with E-state index in [1.54, 1.807) is 0 Å². The minimum Gasteiger partial charge on any atom is -0.493 e. The van der Waals surface area contributed by atoms with Crippen LogP contribution in [0.25, 0.3) is 0 Å². The average Bonchev–Trinajstić information content (AvgIpc) is 2.52. The fourth-order valence-electron chi connectivity index (χ4n) is 1.82. The summed E-state index contributed by atoms with van der Waals surface area (Å²) < 4.78 is 5.43. The third-order valence-electron chi connectivity index (χ3n) is 2.58. The van der Waals surface area contributed by atoms with E-state index in [1.165, 1.54) is 11.1 Å². The van der Waals surface area contributed by atoms with Crippen LogP contribution in [0.4, 0.5) is 5.69 Å². The predicted molar refractivity (Wildman–Crippen MR) is 54.1 cm³/mol. The lowest BCUT2D eigenvalue weighted by Gasteiger charge is -2.11. The Labute approximate surface area is 78.7 Å². The smallest absolute Gasteiger partial charge is 0.124 e. The molecule has 0 saturated heterocycles. The van der Waals surface area contributed by atoms with Gasteiger partial charge in [-0.3, -0.25) is 0 Å². The molecule has 2 heteroatoms. The molecular formula is C11H15NO. The van der Waals surface area contributed by atoms with Gasteiger partial charge in [0.15, 0.2) is 0 Å². The Kier molecular flexibility index (Phi) is 1.91. The molecule has 1 heterocycles. The SMILES string of the molecule is CC(C)c1ccc2c(c1N)CCO2. The molecule has 1 aromatic rings. The van der Waals surface area contributed by atoms with Gasteiger partial charge < -0.3 is 10.5 Å². The number of anilines is 1. The summed E-state index contributed by atoms with van der Waals surface area (Å²) in [4.78, 5) is 0. The van der Waals surface area contributed by atoms with Crippen LogP contribution >= 0.6 is 0 Å². The maximum Gasteiger partial charge on any atom is 0.124 e. The predicted octanol–water partition coefficient (Wildman–Crippen LogP) is 2.33. The Morgan fingerprint density at radius 2 is 2.15 bits per heavy atom. The second-order valence-electron chi connectivity index (χ2n) is 3.80. The number of ether oxygens (including phenoxy) is 1. The van der Waals surface area contributed by atoms with Crippen LogP contribution in [0, 0.1) is 0 Å². The molecule has 70 valence electrons. The number of hydrogen-bond acceptors (Lipinski definition) is 2. The largest absolute Gasteiger partial charge is 0.493 e. The minimum absolute atomic E-state index is 0.492. The van der Waals surface area contributed by atoms with Gasteiger partial charge in [-0.2, -0.15) is 0 Å². The molecule has 0 atom stereocenters. The molecule has 0 amide bonds. The number of fused-ring (bicyclic) bond motifs is 1. The minimum atomic E-state index is 0.492. The van der Waals surface area contributed by atoms with E-state index in [1.807, 2.05) is 6.07 Å². The summed E-state index contributed by atoms with van der Waals surface area (Å²) in [5, 5.41) is 0. The molecule has 13 heavy (non-hydrogen) atoms. The van der Waals surface area contributed by atoms with Gasteiger partial charge in [-0.15, -0.1) is 0 Å². The van der Waals surface area contributed by atoms with Gasteiger partial charge in [0.1, 0.15) is 5.75 Å². The summed E-state index contributed by atoms with van der Waals surface area (Å²) in [5.74, 6) is 1.47. The zero-order valence-corrected chi connectivity index (χ0v) is 8.13. The Hall–Kier alpha value is -1.18. The molecule has 2 nitrogen and oxygen atoms in total. The van der Waals surface area contributed by atoms with Crippen molar-refractivity contribution < 1.29 is 4.74 Å². The van der Waals surface area contributed by atoms with E-state index in [0.29, 0.717) is 5.92 Å². The average molecular weight is 177 g/mol. The van der Waals surface area contributed by atoms with Crippen molar-refractivity contribution in [3.8, 4) is 5.75 Å². The van der Waals surface area contributed by atoms with E-state index in [-0.39, 0.29) is 0 Å². The van der Waals surface area contributed by atoms with E-state index in [4.69, 9.17) is 10.5 Å². The van der Waals surface area contributed by atoms with Crippen molar-refractivity contribution in [2.75, 3.05) is 12.3 Å². The van der Waals surface area contributed by atoms with E-state index in [2.05, 4.69) is 19.9 Å². The van der Waals surface area contributed by atoms with Crippen molar-refractivity contribution in [1.82, 2.24) is 0 Å². The fourth-order valence-corrected chi connectivity index (χ4v) is 1.82. The molecule has 0 radical (unpaired) electrons. The monoisotopic (exact) mass is 177 g/mol. The second kappa shape index (κ2) is 2.95. The molecule has 1 aromatic carbocycles. The molecule has 0 spiro atoms. The molecule has 2 rings (SSSR count). The van der Waals surface area contributed by atoms with Gasteiger partial charge in [0, 0.05) is 17.7 Å². The lowest BCUT2D eigenvalue weighted by atomic mass is 9.97. The number of nitrogen functional groups attached to an aromatic ring is 1. The molecule has 0 aromatic heterocycles. The number of benzene rings is 1. The highest BCUT2D eigenvalue weighted by Crippen LogP contribution is 2.35. The zero-order chi connectivity index (χ0) is 9.42. The summed E-state index contributed by atoms with van der Waals surface area (Å²) in [7, 11) is 0. The number of rotatable bonds is 1. The van der Waals surface area contributed by atoms with Crippen molar-refractivity contribution in [3.63, 3.8) is 0 Å². The van der Waals surface area contributed by atoms with Gasteiger partial charge >= 0.3 is 0 Å². The Bertz CT molecular complexity index is 331. The third-order valence-corrected chi connectivity index (χ3v) is 2.58.